The summed E-state index contributed by atoms with van der Waals surface area (Å²) in [5, 5.41) is 0. The molecule has 4 heteroatoms. The lowest BCUT2D eigenvalue weighted by Crippen LogP contribution is -2.37. The highest BCUT2D eigenvalue weighted by molar-refractivity contribution is 5.76. The highest BCUT2D eigenvalue weighted by atomic mass is 16.6. The van der Waals surface area contributed by atoms with Crippen molar-refractivity contribution < 1.29 is 19.0 Å². The fraction of sp³-hybridized carbons (Fsp3) is 0.167. The summed E-state index contributed by atoms with van der Waals surface area (Å²) in [5.41, 5.74) is 1.06. The Balaban J connectivity index is 1.50. The van der Waals surface area contributed by atoms with Gasteiger partial charge in [-0.3, -0.25) is 0 Å². The molecule has 1 aliphatic heterocycles. The number of carbonyl (C=O) groups is 1. The van der Waals surface area contributed by atoms with Gasteiger partial charge in [0.25, 0.3) is 0 Å². The summed E-state index contributed by atoms with van der Waals surface area (Å²) in [6.07, 6.45) is 2.98. The highest BCUT2D eigenvalue weighted by Gasteiger charge is 2.28. The van der Waals surface area contributed by atoms with E-state index in [1.165, 1.54) is 0 Å². The first kappa shape index (κ1) is 14.2. The van der Waals surface area contributed by atoms with E-state index in [4.69, 9.17) is 14.2 Å². The molecular weight excluding hydrogens is 280 g/mol. The quantitative estimate of drug-likeness (QED) is 0.813. The number of hydrogen-bond acceptors (Lipinski definition) is 4. The van der Waals surface area contributed by atoms with Crippen molar-refractivity contribution in [3.63, 3.8) is 0 Å². The molecule has 0 saturated heterocycles. The third-order valence-electron chi connectivity index (χ3n) is 3.20. The zero-order valence-corrected chi connectivity index (χ0v) is 12.0. The number of fused-ring (bicyclic) bond motifs is 1. The second kappa shape index (κ2) is 6.80. The van der Waals surface area contributed by atoms with Gasteiger partial charge in [-0.25, -0.2) is 4.79 Å². The highest BCUT2D eigenvalue weighted by Crippen LogP contribution is 2.31. The van der Waals surface area contributed by atoms with Crippen molar-refractivity contribution in [1.29, 1.82) is 0 Å². The molecule has 22 heavy (non-hydrogen) atoms. The van der Waals surface area contributed by atoms with Crippen molar-refractivity contribution in [2.24, 2.45) is 0 Å². The Labute approximate surface area is 128 Å². The van der Waals surface area contributed by atoms with Crippen LogP contribution in [0.25, 0.3) is 6.08 Å². The molecule has 0 bridgehead atoms. The van der Waals surface area contributed by atoms with Gasteiger partial charge in [-0.15, -0.1) is 0 Å². The van der Waals surface area contributed by atoms with E-state index < -0.39 is 12.1 Å². The minimum Gasteiger partial charge on any atom is -0.485 e. The summed E-state index contributed by atoms with van der Waals surface area (Å²) in [4.78, 5) is 12.0. The standard InChI is InChI=1S/C18H16O4/c19-18(20-12-6-9-14-7-2-1-3-8-14)17-13-21-15-10-4-5-11-16(15)22-17/h1-11,17H,12-13H2/b9-6+/t17-/m0/s1. The minimum atomic E-state index is -0.722. The normalized spacial score (nSPS) is 16.5. The molecule has 0 fully saturated rings. The molecule has 1 atom stereocenters. The predicted molar refractivity (Wildman–Crippen MR) is 82.8 cm³/mol. The molecule has 4 nitrogen and oxygen atoms in total. The van der Waals surface area contributed by atoms with Gasteiger partial charge in [0.15, 0.2) is 11.5 Å². The zero-order valence-electron chi connectivity index (χ0n) is 12.0. The lowest BCUT2D eigenvalue weighted by molar-refractivity contribution is -0.153. The minimum absolute atomic E-state index is 0.165. The van der Waals surface area contributed by atoms with Gasteiger partial charge in [-0.05, 0) is 23.8 Å². The Morgan fingerprint density at radius 2 is 1.82 bits per heavy atom. The lowest BCUT2D eigenvalue weighted by Gasteiger charge is -2.24. The summed E-state index contributed by atoms with van der Waals surface area (Å²) < 4.78 is 16.3. The summed E-state index contributed by atoms with van der Waals surface area (Å²) in [6, 6.07) is 17.1. The Morgan fingerprint density at radius 1 is 1.09 bits per heavy atom. The number of para-hydroxylation sites is 2. The molecule has 1 heterocycles. The van der Waals surface area contributed by atoms with Crippen LogP contribution in [-0.2, 0) is 9.53 Å². The summed E-state index contributed by atoms with van der Waals surface area (Å²) in [6.45, 7) is 0.369. The molecule has 0 amide bonds. The van der Waals surface area contributed by atoms with E-state index in [2.05, 4.69) is 0 Å². The van der Waals surface area contributed by atoms with E-state index >= 15 is 0 Å². The number of esters is 1. The second-order valence-corrected chi connectivity index (χ2v) is 4.81. The summed E-state index contributed by atoms with van der Waals surface area (Å²) >= 11 is 0. The van der Waals surface area contributed by atoms with Gasteiger partial charge in [0.2, 0.25) is 6.10 Å². The predicted octanol–water partition coefficient (Wildman–Crippen LogP) is 3.08. The first-order valence-electron chi connectivity index (χ1n) is 7.09. The molecule has 2 aromatic rings. The van der Waals surface area contributed by atoms with Crippen molar-refractivity contribution in [1.82, 2.24) is 0 Å². The van der Waals surface area contributed by atoms with Gasteiger partial charge in [-0.1, -0.05) is 48.5 Å². The topological polar surface area (TPSA) is 44.8 Å². The van der Waals surface area contributed by atoms with Gasteiger partial charge in [-0.2, -0.15) is 0 Å². The van der Waals surface area contributed by atoms with E-state index in [1.807, 2.05) is 48.5 Å². The van der Waals surface area contributed by atoms with Crippen molar-refractivity contribution in [3.05, 3.63) is 66.2 Å². The number of carbonyl (C=O) groups excluding carboxylic acids is 1. The van der Waals surface area contributed by atoms with Gasteiger partial charge < -0.3 is 14.2 Å². The molecule has 112 valence electrons. The van der Waals surface area contributed by atoms with Gasteiger partial charge in [0.05, 0.1) is 0 Å². The molecule has 0 N–H and O–H groups in total. The summed E-state index contributed by atoms with van der Waals surface area (Å²) in [5.74, 6) is 0.790. The molecule has 0 unspecified atom stereocenters. The van der Waals surface area contributed by atoms with Crippen molar-refractivity contribution in [2.45, 2.75) is 6.10 Å². The largest absolute Gasteiger partial charge is 0.485 e. The monoisotopic (exact) mass is 296 g/mol. The van der Waals surface area contributed by atoms with Gasteiger partial charge in [0, 0.05) is 0 Å². The fourth-order valence-electron chi connectivity index (χ4n) is 2.11. The number of rotatable bonds is 4. The van der Waals surface area contributed by atoms with E-state index in [0.29, 0.717) is 11.5 Å². The van der Waals surface area contributed by atoms with Crippen LogP contribution in [0.5, 0.6) is 11.5 Å². The first-order valence-corrected chi connectivity index (χ1v) is 7.09. The zero-order chi connectivity index (χ0) is 15.2. The van der Waals surface area contributed by atoms with Crippen LogP contribution in [-0.4, -0.2) is 25.3 Å². The third-order valence-corrected chi connectivity index (χ3v) is 3.20. The van der Waals surface area contributed by atoms with E-state index in [-0.39, 0.29) is 13.2 Å². The fourth-order valence-corrected chi connectivity index (χ4v) is 2.11. The lowest BCUT2D eigenvalue weighted by atomic mass is 10.2. The number of benzene rings is 2. The van der Waals surface area contributed by atoms with Crippen LogP contribution in [0.3, 0.4) is 0 Å². The average molecular weight is 296 g/mol. The second-order valence-electron chi connectivity index (χ2n) is 4.81. The van der Waals surface area contributed by atoms with Crippen LogP contribution >= 0.6 is 0 Å². The number of ether oxygens (including phenoxy) is 3. The van der Waals surface area contributed by atoms with Crippen LogP contribution in [0.15, 0.2) is 60.7 Å². The van der Waals surface area contributed by atoms with Crippen molar-refractivity contribution in [3.8, 4) is 11.5 Å². The smallest absolute Gasteiger partial charge is 0.351 e. The molecule has 0 radical (unpaired) electrons. The van der Waals surface area contributed by atoms with Crippen LogP contribution in [0.4, 0.5) is 0 Å². The maximum Gasteiger partial charge on any atom is 0.351 e. The SMILES string of the molecule is O=C(OC/C=C/c1ccccc1)[C@@H]1COc2ccccc2O1. The Kier molecular flexibility index (Phi) is 4.39. The van der Waals surface area contributed by atoms with Crippen LogP contribution < -0.4 is 9.47 Å². The van der Waals surface area contributed by atoms with E-state index in [9.17, 15) is 4.79 Å². The van der Waals surface area contributed by atoms with E-state index in [0.717, 1.165) is 5.56 Å². The van der Waals surface area contributed by atoms with Crippen LogP contribution in [0, 0.1) is 0 Å². The molecule has 0 spiro atoms. The Morgan fingerprint density at radius 3 is 2.64 bits per heavy atom. The van der Waals surface area contributed by atoms with Gasteiger partial charge in [0.1, 0.15) is 13.2 Å². The Hall–Kier alpha value is -2.75. The molecule has 2 aromatic carbocycles. The maximum atomic E-state index is 12.0. The van der Waals surface area contributed by atoms with Crippen LogP contribution in [0.1, 0.15) is 5.56 Å². The summed E-state index contributed by atoms with van der Waals surface area (Å²) in [7, 11) is 0. The van der Waals surface area contributed by atoms with Crippen molar-refractivity contribution in [2.75, 3.05) is 13.2 Å². The molecule has 0 saturated carbocycles. The van der Waals surface area contributed by atoms with Crippen LogP contribution in [0.2, 0.25) is 0 Å². The molecule has 3 rings (SSSR count). The molecule has 1 aliphatic rings. The molecular formula is C18H16O4. The van der Waals surface area contributed by atoms with Gasteiger partial charge >= 0.3 is 5.97 Å². The molecule has 0 aliphatic carbocycles. The van der Waals surface area contributed by atoms with E-state index in [1.54, 1.807) is 18.2 Å². The maximum absolute atomic E-state index is 12.0. The first-order chi connectivity index (χ1) is 10.8. The average Bonchev–Trinajstić information content (AvgIpc) is 2.59. The Bertz CT molecular complexity index is 664. The third kappa shape index (κ3) is 3.47. The number of hydrogen-bond donors (Lipinski definition) is 0. The molecule has 0 aromatic heterocycles. The van der Waals surface area contributed by atoms with Crippen molar-refractivity contribution >= 4 is 12.0 Å².